The van der Waals surface area contributed by atoms with Crippen molar-refractivity contribution < 1.29 is 14.4 Å². The average Bonchev–Trinajstić information content (AvgIpc) is 3.45. The Bertz CT molecular complexity index is 1240. The number of rotatable bonds is 4. The van der Waals surface area contributed by atoms with Gasteiger partial charge in [0.05, 0.1) is 18.4 Å². The zero-order chi connectivity index (χ0) is 23.2. The molecule has 3 atom stereocenters. The zero-order valence-electron chi connectivity index (χ0n) is 18.4. The number of nitrogens with one attached hydrogen (secondary N) is 1. The molecule has 1 aromatic heterocycles. The second-order valence-corrected chi connectivity index (χ2v) is 8.86. The van der Waals surface area contributed by atoms with E-state index in [2.05, 4.69) is 10.4 Å². The Morgan fingerprint density at radius 2 is 1.68 bits per heavy atom. The lowest BCUT2D eigenvalue weighted by atomic mass is 10.1. The lowest BCUT2D eigenvalue weighted by Crippen LogP contribution is -2.55. The first-order valence-corrected chi connectivity index (χ1v) is 11.5. The van der Waals surface area contributed by atoms with Crippen LogP contribution in [-0.2, 0) is 4.79 Å². The average molecular weight is 457 g/mol. The summed E-state index contributed by atoms with van der Waals surface area (Å²) in [6.07, 6.45) is 2.41. The van der Waals surface area contributed by atoms with Gasteiger partial charge in [0.15, 0.2) is 0 Å². The van der Waals surface area contributed by atoms with Gasteiger partial charge in [-0.2, -0.15) is 5.10 Å². The molecular formula is C25H24N6O3. The molecule has 3 aromatic rings. The van der Waals surface area contributed by atoms with Crippen LogP contribution in [0.3, 0.4) is 0 Å². The van der Waals surface area contributed by atoms with Gasteiger partial charge in [0.1, 0.15) is 11.9 Å². The second kappa shape index (κ2) is 8.02. The molecule has 0 spiro atoms. The Balaban J connectivity index is 1.14. The highest BCUT2D eigenvalue weighted by molar-refractivity contribution is 6.05. The molecule has 1 N–H and O–H groups in total. The van der Waals surface area contributed by atoms with Gasteiger partial charge < -0.3 is 9.80 Å². The fraction of sp³-hybridized carbons (Fsp3) is 0.280. The number of aromatic nitrogens is 2. The Labute approximate surface area is 196 Å². The van der Waals surface area contributed by atoms with E-state index in [1.807, 2.05) is 60.7 Å². The van der Waals surface area contributed by atoms with Gasteiger partial charge in [-0.05, 0) is 24.1 Å². The van der Waals surface area contributed by atoms with Crippen LogP contribution >= 0.6 is 0 Å². The molecule has 1 aliphatic carbocycles. The maximum Gasteiger partial charge on any atom is 0.327 e. The second-order valence-electron chi connectivity index (χ2n) is 8.86. The Kier molecular flexibility index (Phi) is 4.83. The van der Waals surface area contributed by atoms with E-state index in [4.69, 9.17) is 0 Å². The summed E-state index contributed by atoms with van der Waals surface area (Å²) in [7, 11) is 0. The van der Waals surface area contributed by atoms with E-state index in [0.29, 0.717) is 18.9 Å². The summed E-state index contributed by atoms with van der Waals surface area (Å²) < 4.78 is 1.65. The number of fused-ring (bicyclic) bond motifs is 1. The monoisotopic (exact) mass is 456 g/mol. The fourth-order valence-corrected chi connectivity index (χ4v) is 4.99. The molecule has 3 fully saturated rings. The number of carbonyl (C=O) groups is 3. The molecule has 2 aliphatic heterocycles. The lowest BCUT2D eigenvalue weighted by molar-refractivity contribution is -0.129. The predicted octanol–water partition coefficient (Wildman–Crippen LogP) is 2.91. The summed E-state index contributed by atoms with van der Waals surface area (Å²) in [5, 5.41) is 7.20. The molecule has 3 heterocycles. The molecule has 0 bridgehead atoms. The minimum atomic E-state index is -0.636. The van der Waals surface area contributed by atoms with Crippen molar-refractivity contribution in [1.82, 2.24) is 24.5 Å². The number of hydrogen-bond donors (Lipinski definition) is 1. The van der Waals surface area contributed by atoms with E-state index in [0.717, 1.165) is 17.7 Å². The molecule has 34 heavy (non-hydrogen) atoms. The standard InChI is InChI=1S/C25H24N6O3/c32-23-21-16-28(24(33)27-22-11-12-26-31(22)18-9-5-2-6-10-18)13-14-29(21)25(34)30(23)20-15-19(20)17-7-3-1-4-8-17/h1-12,19-21H,13-16H2,(H,27,33)/t19-,20+,21?/m0/s1. The highest BCUT2D eigenvalue weighted by Crippen LogP contribution is 2.46. The molecule has 2 saturated heterocycles. The van der Waals surface area contributed by atoms with Crippen molar-refractivity contribution >= 4 is 23.8 Å². The largest absolute Gasteiger partial charge is 0.327 e. The van der Waals surface area contributed by atoms with Crippen molar-refractivity contribution in [2.45, 2.75) is 24.4 Å². The van der Waals surface area contributed by atoms with Crippen molar-refractivity contribution in [1.29, 1.82) is 0 Å². The van der Waals surface area contributed by atoms with Crippen LogP contribution in [0.2, 0.25) is 0 Å². The van der Waals surface area contributed by atoms with Crippen LogP contribution in [0.4, 0.5) is 15.4 Å². The highest BCUT2D eigenvalue weighted by Gasteiger charge is 2.56. The molecular weight excluding hydrogens is 432 g/mol. The van der Waals surface area contributed by atoms with Gasteiger partial charge in [0.2, 0.25) is 0 Å². The number of nitrogens with zero attached hydrogens (tertiary/aromatic N) is 5. The smallest absolute Gasteiger partial charge is 0.320 e. The SMILES string of the molecule is O=C(Nc1ccnn1-c1ccccc1)N1CCN2C(=O)N([C@@H]3C[C@H]3c3ccccc3)C(=O)C2C1. The van der Waals surface area contributed by atoms with E-state index in [1.165, 1.54) is 4.90 Å². The zero-order valence-corrected chi connectivity index (χ0v) is 18.4. The van der Waals surface area contributed by atoms with E-state index in [-0.39, 0.29) is 36.5 Å². The minimum absolute atomic E-state index is 0.101. The van der Waals surface area contributed by atoms with Gasteiger partial charge in [-0.25, -0.2) is 14.3 Å². The molecule has 172 valence electrons. The molecule has 6 rings (SSSR count). The minimum Gasteiger partial charge on any atom is -0.320 e. The quantitative estimate of drug-likeness (QED) is 0.612. The molecule has 9 nitrogen and oxygen atoms in total. The molecule has 0 radical (unpaired) electrons. The maximum atomic E-state index is 13.2. The van der Waals surface area contributed by atoms with E-state index >= 15 is 0 Å². The molecule has 9 heteroatoms. The number of imide groups is 1. The number of para-hydroxylation sites is 1. The van der Waals surface area contributed by atoms with Crippen LogP contribution < -0.4 is 5.32 Å². The third-order valence-electron chi connectivity index (χ3n) is 6.84. The number of anilines is 1. The van der Waals surface area contributed by atoms with Gasteiger partial charge in [0, 0.05) is 31.1 Å². The highest BCUT2D eigenvalue weighted by atomic mass is 16.2. The molecule has 5 amide bonds. The first-order valence-electron chi connectivity index (χ1n) is 11.5. The summed E-state index contributed by atoms with van der Waals surface area (Å²) in [5.41, 5.74) is 1.98. The van der Waals surface area contributed by atoms with Gasteiger partial charge in [0.25, 0.3) is 5.91 Å². The van der Waals surface area contributed by atoms with E-state index in [9.17, 15) is 14.4 Å². The lowest BCUT2D eigenvalue weighted by Gasteiger charge is -2.35. The maximum absolute atomic E-state index is 13.2. The van der Waals surface area contributed by atoms with Crippen molar-refractivity contribution in [3.05, 3.63) is 78.5 Å². The summed E-state index contributed by atoms with van der Waals surface area (Å²) in [4.78, 5) is 43.9. The van der Waals surface area contributed by atoms with Crippen LogP contribution in [0.1, 0.15) is 17.9 Å². The van der Waals surface area contributed by atoms with E-state index in [1.54, 1.807) is 26.7 Å². The predicted molar refractivity (Wildman–Crippen MR) is 124 cm³/mol. The van der Waals surface area contributed by atoms with Crippen molar-refractivity contribution in [2.24, 2.45) is 0 Å². The van der Waals surface area contributed by atoms with Crippen LogP contribution in [0.25, 0.3) is 5.69 Å². The van der Waals surface area contributed by atoms with Crippen LogP contribution in [0.5, 0.6) is 0 Å². The van der Waals surface area contributed by atoms with Gasteiger partial charge >= 0.3 is 12.1 Å². The van der Waals surface area contributed by atoms with Gasteiger partial charge in [-0.1, -0.05) is 48.5 Å². The van der Waals surface area contributed by atoms with Crippen molar-refractivity contribution in [2.75, 3.05) is 25.0 Å². The fourth-order valence-electron chi connectivity index (χ4n) is 4.99. The number of carbonyl (C=O) groups excluding carboxylic acids is 3. The van der Waals surface area contributed by atoms with Crippen LogP contribution in [0.15, 0.2) is 72.9 Å². The molecule has 1 unspecified atom stereocenters. The first kappa shape index (κ1) is 20.5. The number of amides is 5. The number of piperazine rings is 1. The van der Waals surface area contributed by atoms with E-state index < -0.39 is 6.04 Å². The topological polar surface area (TPSA) is 90.8 Å². The Hall–Kier alpha value is -4.14. The van der Waals surface area contributed by atoms with Gasteiger partial charge in [-0.15, -0.1) is 0 Å². The third kappa shape index (κ3) is 3.40. The summed E-state index contributed by atoms with van der Waals surface area (Å²) in [5.74, 6) is 0.520. The third-order valence-corrected chi connectivity index (χ3v) is 6.84. The van der Waals surface area contributed by atoms with Crippen LogP contribution in [0, 0.1) is 0 Å². The molecule has 1 saturated carbocycles. The summed E-state index contributed by atoms with van der Waals surface area (Å²) in [6, 6.07) is 19.9. The number of benzene rings is 2. The Morgan fingerprint density at radius 1 is 0.941 bits per heavy atom. The molecule has 2 aromatic carbocycles. The normalized spacial score (nSPS) is 23.8. The summed E-state index contributed by atoms with van der Waals surface area (Å²) in [6.45, 7) is 0.871. The van der Waals surface area contributed by atoms with Crippen LogP contribution in [-0.4, -0.2) is 74.2 Å². The Morgan fingerprint density at radius 3 is 2.44 bits per heavy atom. The summed E-state index contributed by atoms with van der Waals surface area (Å²) >= 11 is 0. The first-order chi connectivity index (χ1) is 16.6. The van der Waals surface area contributed by atoms with Crippen molar-refractivity contribution in [3.63, 3.8) is 0 Å². The van der Waals surface area contributed by atoms with Crippen molar-refractivity contribution in [3.8, 4) is 5.69 Å². The van der Waals surface area contributed by atoms with Gasteiger partial charge in [-0.3, -0.25) is 15.0 Å². The number of hydrogen-bond acceptors (Lipinski definition) is 4. The molecule has 3 aliphatic rings. The number of urea groups is 2.